The van der Waals surface area contributed by atoms with Crippen LogP contribution >= 0.6 is 11.6 Å². The molecule has 2 fully saturated rings. The highest BCUT2D eigenvalue weighted by Gasteiger charge is 2.53. The van der Waals surface area contributed by atoms with Gasteiger partial charge in [-0.1, -0.05) is 11.6 Å². The molecule has 4 rings (SSSR count). The molecule has 3 heterocycles. The van der Waals surface area contributed by atoms with Crippen LogP contribution in [0.25, 0.3) is 0 Å². The highest BCUT2D eigenvalue weighted by molar-refractivity contribution is 6.30. The lowest BCUT2D eigenvalue weighted by atomic mass is 10.1. The lowest BCUT2D eigenvalue weighted by Crippen LogP contribution is -2.35. The molecule has 10 nitrogen and oxygen atoms in total. The second-order valence-electron chi connectivity index (χ2n) is 6.24. The molecule has 0 saturated carbocycles. The van der Waals surface area contributed by atoms with Crippen molar-refractivity contribution in [2.75, 3.05) is 5.32 Å². The zero-order valence-corrected chi connectivity index (χ0v) is 15.5. The Hall–Kier alpha value is -3.18. The molecule has 12 heteroatoms. The average Bonchev–Trinajstić information content (AvgIpc) is 3.18. The van der Waals surface area contributed by atoms with Gasteiger partial charge in [0.25, 0.3) is 0 Å². The summed E-state index contributed by atoms with van der Waals surface area (Å²) in [5.41, 5.74) is -0.936. The lowest BCUT2D eigenvalue weighted by Gasteiger charge is -2.18. The first kappa shape index (κ1) is 19.2. The number of rotatable bonds is 3. The third-order valence-corrected chi connectivity index (χ3v) is 4.56. The summed E-state index contributed by atoms with van der Waals surface area (Å²) in [7, 11) is 0. The van der Waals surface area contributed by atoms with Crippen LogP contribution in [0, 0.1) is 5.82 Å². The third kappa shape index (κ3) is 3.74. The van der Waals surface area contributed by atoms with Gasteiger partial charge in [0.1, 0.15) is 5.75 Å². The fourth-order valence-corrected chi connectivity index (χ4v) is 3.14. The van der Waals surface area contributed by atoms with E-state index in [-0.39, 0.29) is 5.75 Å². The van der Waals surface area contributed by atoms with Crippen LogP contribution in [0.2, 0.25) is 5.02 Å². The molecule has 29 heavy (non-hydrogen) atoms. The Balaban J connectivity index is 1.51. The molecule has 0 aliphatic carbocycles. The van der Waals surface area contributed by atoms with Crippen molar-refractivity contribution in [2.24, 2.45) is 0 Å². The minimum atomic E-state index is -1.12. The molecule has 0 radical (unpaired) electrons. The van der Waals surface area contributed by atoms with Crippen molar-refractivity contribution in [3.8, 4) is 5.75 Å². The monoisotopic (exact) mass is 425 g/mol. The Kier molecular flexibility index (Phi) is 4.84. The van der Waals surface area contributed by atoms with E-state index in [9.17, 15) is 18.8 Å². The summed E-state index contributed by atoms with van der Waals surface area (Å²) in [5, 5.41) is 2.49. The quantitative estimate of drug-likeness (QED) is 0.745. The van der Waals surface area contributed by atoms with Crippen LogP contribution in [0.15, 0.2) is 35.3 Å². The molecule has 2 aromatic rings. The minimum Gasteiger partial charge on any atom is -0.424 e. The zero-order chi connectivity index (χ0) is 20.7. The molecule has 152 valence electrons. The van der Waals surface area contributed by atoms with Crippen LogP contribution in [-0.4, -0.2) is 40.1 Å². The van der Waals surface area contributed by atoms with E-state index in [2.05, 4.69) is 4.98 Å². The number of carbonyl (C=O) groups excluding carboxylic acids is 2. The van der Waals surface area contributed by atoms with E-state index in [1.165, 1.54) is 24.3 Å². The van der Waals surface area contributed by atoms with Crippen LogP contribution in [0.3, 0.4) is 0 Å². The van der Waals surface area contributed by atoms with Crippen molar-refractivity contribution in [1.29, 1.82) is 0 Å². The molecule has 1 N–H and O–H groups in total. The van der Waals surface area contributed by atoms with Gasteiger partial charge in [0.15, 0.2) is 30.1 Å². The number of aromatic nitrogens is 2. The summed E-state index contributed by atoms with van der Waals surface area (Å²) >= 11 is 5.74. The first-order chi connectivity index (χ1) is 13.8. The number of fused-ring (bicyclic) bond motifs is 1. The summed E-state index contributed by atoms with van der Waals surface area (Å²) in [6.07, 6.45) is -4.51. The number of nitrogens with one attached hydrogen (secondary N) is 1. The van der Waals surface area contributed by atoms with Crippen LogP contribution in [0.4, 0.5) is 19.8 Å². The largest absolute Gasteiger partial charge is 0.509 e. The van der Waals surface area contributed by atoms with Crippen molar-refractivity contribution < 1.29 is 32.9 Å². The van der Waals surface area contributed by atoms with Crippen molar-refractivity contribution >= 4 is 29.7 Å². The fraction of sp³-hybridized carbons (Fsp3) is 0.294. The van der Waals surface area contributed by atoms with E-state index in [0.29, 0.717) is 5.02 Å². The summed E-state index contributed by atoms with van der Waals surface area (Å²) in [4.78, 5) is 39.1. The molecule has 2 unspecified atom stereocenters. The van der Waals surface area contributed by atoms with Crippen LogP contribution < -0.4 is 15.7 Å². The maximum absolute atomic E-state index is 14.4. The van der Waals surface area contributed by atoms with Crippen LogP contribution in [-0.2, 0) is 14.2 Å². The Bertz CT molecular complexity index is 1030. The van der Waals surface area contributed by atoms with Gasteiger partial charge in [-0.05, 0) is 31.2 Å². The molecule has 0 spiro atoms. The molecule has 1 amide bonds. The zero-order valence-electron chi connectivity index (χ0n) is 14.7. The highest BCUT2D eigenvalue weighted by Crippen LogP contribution is 2.37. The van der Waals surface area contributed by atoms with E-state index >= 15 is 0 Å². The Labute approximate surface area is 167 Å². The molecule has 2 saturated heterocycles. The van der Waals surface area contributed by atoms with Gasteiger partial charge < -0.3 is 18.9 Å². The number of nitrogens with zero attached hydrogens (tertiary/aromatic N) is 2. The van der Waals surface area contributed by atoms with Crippen LogP contribution in [0.1, 0.15) is 13.2 Å². The van der Waals surface area contributed by atoms with Crippen molar-refractivity contribution in [2.45, 2.75) is 31.5 Å². The number of amides is 1. The topological polar surface area (TPSA) is 118 Å². The SMILES string of the molecule is C[C@H]1O[C@@H](n2cc(F)c(NC(=O)Oc3ccc(Cl)cc3)nc2=O)C2OC(=O)OC21. The first-order valence-corrected chi connectivity index (χ1v) is 8.75. The van der Waals surface area contributed by atoms with Crippen molar-refractivity contribution in [1.82, 2.24) is 9.55 Å². The minimum absolute atomic E-state index is 0.156. The molecule has 1 aromatic heterocycles. The first-order valence-electron chi connectivity index (χ1n) is 8.37. The Morgan fingerprint density at radius 1 is 1.24 bits per heavy atom. The predicted molar refractivity (Wildman–Crippen MR) is 94.3 cm³/mol. The summed E-state index contributed by atoms with van der Waals surface area (Å²) in [5.74, 6) is -1.50. The van der Waals surface area contributed by atoms with E-state index in [1.807, 2.05) is 5.32 Å². The average molecular weight is 426 g/mol. The number of hydrogen-bond acceptors (Lipinski definition) is 8. The third-order valence-electron chi connectivity index (χ3n) is 4.31. The summed E-state index contributed by atoms with van der Waals surface area (Å²) in [6, 6.07) is 5.87. The van der Waals surface area contributed by atoms with Gasteiger partial charge in [-0.15, -0.1) is 0 Å². The van der Waals surface area contributed by atoms with Crippen molar-refractivity contribution in [3.05, 3.63) is 51.8 Å². The van der Waals surface area contributed by atoms with Crippen molar-refractivity contribution in [3.63, 3.8) is 0 Å². The highest BCUT2D eigenvalue weighted by atomic mass is 35.5. The molecule has 0 bridgehead atoms. The van der Waals surface area contributed by atoms with Gasteiger partial charge in [-0.2, -0.15) is 4.98 Å². The molecule has 4 atom stereocenters. The summed E-state index contributed by atoms with van der Waals surface area (Å²) in [6.45, 7) is 1.62. The van der Waals surface area contributed by atoms with E-state index in [1.54, 1.807) is 6.92 Å². The number of hydrogen-bond donors (Lipinski definition) is 1. The molecular weight excluding hydrogens is 413 g/mol. The standard InChI is InChI=1S/C17H13ClFN3O7/c1-7-11-12(29-17(25)28-11)14(26-7)22-6-10(19)13(20-15(22)23)21-16(24)27-9-4-2-8(18)3-5-9/h2-7,11-12,14H,1H3,(H,20,21,23,24)/t7-,11?,12?,14-/m1/s1. The van der Waals surface area contributed by atoms with E-state index in [0.717, 1.165) is 10.8 Å². The van der Waals surface area contributed by atoms with E-state index < -0.39 is 54.1 Å². The number of halogens is 2. The van der Waals surface area contributed by atoms with E-state index in [4.69, 9.17) is 30.5 Å². The van der Waals surface area contributed by atoms with Crippen LogP contribution in [0.5, 0.6) is 5.75 Å². The molecule has 1 aromatic carbocycles. The van der Waals surface area contributed by atoms with Gasteiger partial charge in [0, 0.05) is 5.02 Å². The number of ether oxygens (including phenoxy) is 4. The lowest BCUT2D eigenvalue weighted by molar-refractivity contribution is -0.0524. The summed E-state index contributed by atoms with van der Waals surface area (Å²) < 4.78 is 35.7. The number of carbonyl (C=O) groups is 2. The molecular formula is C17H13ClFN3O7. The van der Waals surface area contributed by atoms with Gasteiger partial charge in [0.05, 0.1) is 12.3 Å². The normalized spacial score (nSPS) is 25.1. The molecule has 2 aliphatic rings. The maximum Gasteiger partial charge on any atom is 0.509 e. The predicted octanol–water partition coefficient (Wildman–Crippen LogP) is 2.47. The second kappa shape index (κ2) is 7.33. The van der Waals surface area contributed by atoms with Gasteiger partial charge in [-0.3, -0.25) is 9.88 Å². The fourth-order valence-electron chi connectivity index (χ4n) is 3.01. The number of anilines is 1. The second-order valence-corrected chi connectivity index (χ2v) is 6.68. The van der Waals surface area contributed by atoms with Gasteiger partial charge >= 0.3 is 17.9 Å². The van der Waals surface area contributed by atoms with Gasteiger partial charge in [-0.25, -0.2) is 18.8 Å². The molecule has 2 aliphatic heterocycles. The smallest absolute Gasteiger partial charge is 0.424 e. The Morgan fingerprint density at radius 2 is 1.93 bits per heavy atom. The number of benzene rings is 1. The maximum atomic E-state index is 14.4. The van der Waals surface area contributed by atoms with Gasteiger partial charge in [0.2, 0.25) is 0 Å². The Morgan fingerprint density at radius 3 is 2.66 bits per heavy atom.